The smallest absolute Gasteiger partial charge is 0.177 e. The Balaban J connectivity index is 2.18. The van der Waals surface area contributed by atoms with E-state index in [9.17, 15) is 4.55 Å². The second-order valence-corrected chi connectivity index (χ2v) is 4.83. The van der Waals surface area contributed by atoms with E-state index in [0.29, 0.717) is 21.4 Å². The molecule has 17 heavy (non-hydrogen) atoms. The third-order valence-electron chi connectivity index (χ3n) is 2.09. The zero-order chi connectivity index (χ0) is 12.3. The van der Waals surface area contributed by atoms with Crippen molar-refractivity contribution in [2.75, 3.05) is 0 Å². The summed E-state index contributed by atoms with van der Waals surface area (Å²) < 4.78 is 16.7. The molecule has 3 nitrogen and oxygen atoms in total. The number of rotatable bonds is 3. The van der Waals surface area contributed by atoms with Crippen LogP contribution in [0.2, 0.25) is 5.02 Å². The van der Waals surface area contributed by atoms with E-state index in [0.717, 1.165) is 0 Å². The topological polar surface area (TPSA) is 58.3 Å². The minimum atomic E-state index is -1.50. The molecule has 88 valence electrons. The van der Waals surface area contributed by atoms with Gasteiger partial charge in [0.05, 0.1) is 11.4 Å². The Hall–Kier alpha value is -1.20. The van der Waals surface area contributed by atoms with Crippen LogP contribution >= 0.6 is 11.6 Å². The predicted octanol–water partition coefficient (Wildman–Crippen LogP) is 3.11. The van der Waals surface area contributed by atoms with Gasteiger partial charge in [0.15, 0.2) is 4.90 Å². The maximum Gasteiger partial charge on any atom is 0.177 e. The van der Waals surface area contributed by atoms with Crippen molar-refractivity contribution in [2.24, 2.45) is 5.14 Å². The Morgan fingerprint density at radius 1 is 1.06 bits per heavy atom. The summed E-state index contributed by atoms with van der Waals surface area (Å²) in [6.45, 7) is 0. The van der Waals surface area contributed by atoms with E-state index in [2.05, 4.69) is 0 Å². The summed E-state index contributed by atoms with van der Waals surface area (Å²) in [4.78, 5) is 0.525. The fourth-order valence-corrected chi connectivity index (χ4v) is 1.87. The van der Waals surface area contributed by atoms with E-state index < -0.39 is 11.4 Å². The average molecular weight is 268 g/mol. The van der Waals surface area contributed by atoms with Crippen molar-refractivity contribution in [3.63, 3.8) is 0 Å². The summed E-state index contributed by atoms with van der Waals surface area (Å²) in [5, 5.41) is 5.94. The zero-order valence-corrected chi connectivity index (χ0v) is 10.4. The number of benzene rings is 2. The molecular formula is C12H10ClNO2S. The van der Waals surface area contributed by atoms with Crippen molar-refractivity contribution in [1.29, 1.82) is 0 Å². The fourth-order valence-electron chi connectivity index (χ4n) is 1.30. The molecular weight excluding hydrogens is 258 g/mol. The Labute approximate surface area is 107 Å². The Morgan fingerprint density at radius 2 is 1.76 bits per heavy atom. The summed E-state index contributed by atoms with van der Waals surface area (Å²) >= 11 is 4.27. The van der Waals surface area contributed by atoms with Crippen LogP contribution in [0.5, 0.6) is 11.5 Å². The Kier molecular flexibility index (Phi) is 3.91. The van der Waals surface area contributed by atoms with Crippen molar-refractivity contribution in [1.82, 2.24) is 0 Å². The summed E-state index contributed by atoms with van der Waals surface area (Å²) in [7, 11) is 0. The molecule has 0 aromatic heterocycles. The summed E-state index contributed by atoms with van der Waals surface area (Å²) in [6.07, 6.45) is 0. The van der Waals surface area contributed by atoms with Crippen molar-refractivity contribution in [2.45, 2.75) is 4.90 Å². The van der Waals surface area contributed by atoms with E-state index >= 15 is 0 Å². The highest BCUT2D eigenvalue weighted by Crippen LogP contribution is 2.24. The van der Waals surface area contributed by atoms with Gasteiger partial charge in [0.1, 0.15) is 11.5 Å². The van der Waals surface area contributed by atoms with Crippen LogP contribution < -0.4 is 9.88 Å². The minimum Gasteiger partial charge on any atom is -0.593 e. The van der Waals surface area contributed by atoms with Gasteiger partial charge in [-0.25, -0.2) is 0 Å². The molecule has 0 heterocycles. The summed E-state index contributed by atoms with van der Waals surface area (Å²) in [5.41, 5.74) is 0. The molecule has 0 saturated carbocycles. The van der Waals surface area contributed by atoms with E-state index in [1.54, 1.807) is 48.5 Å². The summed E-state index contributed by atoms with van der Waals surface area (Å²) in [6, 6.07) is 13.8. The van der Waals surface area contributed by atoms with Gasteiger partial charge in [-0.3, -0.25) is 0 Å². The van der Waals surface area contributed by atoms with Crippen molar-refractivity contribution < 1.29 is 9.29 Å². The van der Waals surface area contributed by atoms with Gasteiger partial charge in [0, 0.05) is 11.1 Å². The molecule has 0 aliphatic carbocycles. The van der Waals surface area contributed by atoms with Crippen LogP contribution in [0.15, 0.2) is 53.4 Å². The van der Waals surface area contributed by atoms with Crippen molar-refractivity contribution in [3.8, 4) is 11.5 Å². The molecule has 0 saturated heterocycles. The molecule has 2 aromatic rings. The lowest BCUT2D eigenvalue weighted by Crippen LogP contribution is -2.11. The van der Waals surface area contributed by atoms with E-state index in [4.69, 9.17) is 21.5 Å². The molecule has 0 unspecified atom stereocenters. The van der Waals surface area contributed by atoms with Gasteiger partial charge in [0.2, 0.25) is 0 Å². The number of nitrogens with two attached hydrogens (primary N) is 1. The molecule has 5 heteroatoms. The van der Waals surface area contributed by atoms with Gasteiger partial charge in [-0.2, -0.15) is 0 Å². The largest absolute Gasteiger partial charge is 0.593 e. The van der Waals surface area contributed by atoms with Gasteiger partial charge in [0.25, 0.3) is 0 Å². The molecule has 0 aliphatic heterocycles. The fraction of sp³-hybridized carbons (Fsp3) is 0. The van der Waals surface area contributed by atoms with Crippen molar-refractivity contribution >= 4 is 23.0 Å². The maximum absolute atomic E-state index is 11.1. The lowest BCUT2D eigenvalue weighted by Gasteiger charge is -2.07. The van der Waals surface area contributed by atoms with Crippen LogP contribution in [0.25, 0.3) is 0 Å². The molecule has 2 rings (SSSR count). The third kappa shape index (κ3) is 3.38. The van der Waals surface area contributed by atoms with Crippen LogP contribution in [0.1, 0.15) is 0 Å². The molecule has 0 bridgehead atoms. The standard InChI is InChI=1S/C12H10ClNO2S/c13-9-4-6-10(7-5-9)16-11-2-1-3-12(8-11)17(14)15/h1-8H,14H2/t17-/m1/s1. The van der Waals surface area contributed by atoms with E-state index in [-0.39, 0.29) is 0 Å². The van der Waals surface area contributed by atoms with Crippen LogP contribution in [0.4, 0.5) is 0 Å². The lowest BCUT2D eigenvalue weighted by atomic mass is 10.3. The Bertz CT molecular complexity index is 502. The third-order valence-corrected chi connectivity index (χ3v) is 3.06. The van der Waals surface area contributed by atoms with Gasteiger partial charge in [-0.05, 0) is 36.4 Å². The first-order valence-electron chi connectivity index (χ1n) is 4.85. The first-order chi connectivity index (χ1) is 8.15. The number of hydrogen-bond donors (Lipinski definition) is 1. The quantitative estimate of drug-likeness (QED) is 0.870. The minimum absolute atomic E-state index is 0.525. The number of hydrogen-bond acceptors (Lipinski definition) is 3. The number of ether oxygens (including phenoxy) is 1. The van der Waals surface area contributed by atoms with Gasteiger partial charge in [-0.1, -0.05) is 17.7 Å². The monoisotopic (exact) mass is 267 g/mol. The maximum atomic E-state index is 11.1. The second-order valence-electron chi connectivity index (χ2n) is 3.33. The van der Waals surface area contributed by atoms with Crippen molar-refractivity contribution in [3.05, 3.63) is 53.6 Å². The van der Waals surface area contributed by atoms with Crippen LogP contribution in [0.3, 0.4) is 0 Å². The normalized spacial score (nSPS) is 12.2. The molecule has 0 radical (unpaired) electrons. The van der Waals surface area contributed by atoms with Crippen LogP contribution in [-0.4, -0.2) is 4.55 Å². The highest BCUT2D eigenvalue weighted by Gasteiger charge is 2.07. The molecule has 2 aromatic carbocycles. The van der Waals surface area contributed by atoms with Gasteiger partial charge < -0.3 is 9.29 Å². The predicted molar refractivity (Wildman–Crippen MR) is 68.6 cm³/mol. The van der Waals surface area contributed by atoms with Gasteiger partial charge in [-0.15, -0.1) is 5.14 Å². The summed E-state index contributed by atoms with van der Waals surface area (Å²) in [5.74, 6) is 1.25. The van der Waals surface area contributed by atoms with Crippen LogP contribution in [0, 0.1) is 0 Å². The first-order valence-corrected chi connectivity index (χ1v) is 6.44. The molecule has 0 amide bonds. The van der Waals surface area contributed by atoms with Gasteiger partial charge >= 0.3 is 0 Å². The SMILES string of the molecule is N[S@+]([O-])c1cccc(Oc2ccc(Cl)cc2)c1. The highest BCUT2D eigenvalue weighted by molar-refractivity contribution is 7.89. The van der Waals surface area contributed by atoms with E-state index in [1.807, 2.05) is 0 Å². The number of halogens is 1. The highest BCUT2D eigenvalue weighted by atomic mass is 35.5. The first kappa shape index (κ1) is 12.3. The zero-order valence-electron chi connectivity index (χ0n) is 8.80. The Morgan fingerprint density at radius 3 is 2.41 bits per heavy atom. The molecule has 0 spiro atoms. The molecule has 0 fully saturated rings. The molecule has 0 aliphatic rings. The second kappa shape index (κ2) is 5.42. The lowest BCUT2D eigenvalue weighted by molar-refractivity contribution is 0.481. The average Bonchev–Trinajstić information content (AvgIpc) is 2.32. The van der Waals surface area contributed by atoms with E-state index in [1.165, 1.54) is 0 Å². The molecule has 1 atom stereocenters. The van der Waals surface area contributed by atoms with Crippen LogP contribution in [-0.2, 0) is 11.4 Å². The molecule has 2 N–H and O–H groups in total.